The summed E-state index contributed by atoms with van der Waals surface area (Å²) < 4.78 is 28.8. The van der Waals surface area contributed by atoms with Crippen molar-refractivity contribution in [2.24, 2.45) is 0 Å². The van der Waals surface area contributed by atoms with Crippen LogP contribution in [0.3, 0.4) is 0 Å². The minimum atomic E-state index is -0.921. The maximum absolute atomic E-state index is 13.9. The molecule has 11 heteroatoms. The van der Waals surface area contributed by atoms with Crippen molar-refractivity contribution < 1.29 is 18.4 Å². The number of hydrogen-bond donors (Lipinski definition) is 2. The van der Waals surface area contributed by atoms with Gasteiger partial charge in [0.1, 0.15) is 29.5 Å². The lowest BCUT2D eigenvalue weighted by molar-refractivity contribution is -0.127. The molecule has 0 bridgehead atoms. The molecule has 1 aliphatic rings. The molecule has 0 radical (unpaired) electrons. The van der Waals surface area contributed by atoms with E-state index in [-0.39, 0.29) is 24.1 Å². The Hall–Kier alpha value is -4.67. The summed E-state index contributed by atoms with van der Waals surface area (Å²) in [7, 11) is 0. The molecule has 0 spiro atoms. The van der Waals surface area contributed by atoms with Gasteiger partial charge in [-0.05, 0) is 36.6 Å². The highest BCUT2D eigenvalue weighted by molar-refractivity contribution is 5.98. The summed E-state index contributed by atoms with van der Waals surface area (Å²) >= 11 is 0. The Balaban J connectivity index is 1.39. The molecule has 2 aromatic heterocycles. The summed E-state index contributed by atoms with van der Waals surface area (Å²) in [5.74, 6) is -2.14. The highest BCUT2D eigenvalue weighted by Crippen LogP contribution is 2.33. The van der Waals surface area contributed by atoms with Crippen molar-refractivity contribution >= 4 is 28.7 Å². The van der Waals surface area contributed by atoms with Crippen LogP contribution in [0.2, 0.25) is 0 Å². The third-order valence-electron chi connectivity index (χ3n) is 6.60. The molecular formula is C27H25F2N7O2. The zero-order valence-corrected chi connectivity index (χ0v) is 20.4. The first kappa shape index (κ1) is 25.0. The third-order valence-corrected chi connectivity index (χ3v) is 6.60. The predicted molar refractivity (Wildman–Crippen MR) is 138 cm³/mol. The molecular weight excluding hydrogens is 492 g/mol. The summed E-state index contributed by atoms with van der Waals surface area (Å²) in [6.07, 6.45) is 4.36. The largest absolute Gasteiger partial charge is 0.383 e. The van der Waals surface area contributed by atoms with Gasteiger partial charge in [-0.2, -0.15) is 5.10 Å². The lowest BCUT2D eigenvalue weighted by Crippen LogP contribution is -2.40. The van der Waals surface area contributed by atoms with Gasteiger partial charge < -0.3 is 16.0 Å². The van der Waals surface area contributed by atoms with Crippen LogP contribution in [-0.4, -0.2) is 49.6 Å². The fourth-order valence-corrected chi connectivity index (χ4v) is 4.67. The number of nitrogens with one attached hydrogen (secondary N) is 1. The van der Waals surface area contributed by atoms with E-state index < -0.39 is 17.5 Å². The van der Waals surface area contributed by atoms with Crippen LogP contribution in [0, 0.1) is 11.6 Å². The maximum atomic E-state index is 13.9. The number of fused-ring (bicyclic) bond motifs is 1. The number of rotatable bonds is 6. The molecule has 9 nitrogen and oxygen atoms in total. The number of piperidine rings is 1. The second-order valence-corrected chi connectivity index (χ2v) is 9.04. The molecule has 3 heterocycles. The first-order valence-corrected chi connectivity index (χ1v) is 12.1. The third kappa shape index (κ3) is 4.82. The standard InChI is InChI=1S/C27H25F2N7O2/c1-2-22(37)35-11-3-4-19(14-35)36-26-23(25(30)32-15-33-26)24(34-36)17-7-5-16(6-8-17)13-31-27(38)20-10-9-18(28)12-21(20)29/h2,5-10,12,15,19H,1,3-4,11,13-14H2,(H,31,38)(H2,30,32,33). The molecule has 194 valence electrons. The Labute approximate surface area is 217 Å². The Morgan fingerprint density at radius 2 is 1.95 bits per heavy atom. The zero-order chi connectivity index (χ0) is 26.8. The summed E-state index contributed by atoms with van der Waals surface area (Å²) in [5.41, 5.74) is 8.74. The lowest BCUT2D eigenvalue weighted by Gasteiger charge is -2.32. The van der Waals surface area contributed by atoms with Crippen molar-refractivity contribution in [3.63, 3.8) is 0 Å². The van der Waals surface area contributed by atoms with E-state index in [1.807, 2.05) is 28.9 Å². The van der Waals surface area contributed by atoms with Gasteiger partial charge in [-0.1, -0.05) is 30.8 Å². The van der Waals surface area contributed by atoms with Gasteiger partial charge in [0.2, 0.25) is 5.91 Å². The molecule has 2 aromatic carbocycles. The average Bonchev–Trinajstić information content (AvgIpc) is 3.33. The van der Waals surface area contributed by atoms with Crippen LogP contribution >= 0.6 is 0 Å². The monoisotopic (exact) mass is 517 g/mol. The number of hydrogen-bond acceptors (Lipinski definition) is 6. The van der Waals surface area contributed by atoms with Gasteiger partial charge in [-0.15, -0.1) is 0 Å². The van der Waals surface area contributed by atoms with Crippen molar-refractivity contribution in [1.82, 2.24) is 30.0 Å². The van der Waals surface area contributed by atoms with E-state index in [1.54, 1.807) is 4.90 Å². The number of nitrogens with two attached hydrogens (primary N) is 1. The van der Waals surface area contributed by atoms with Gasteiger partial charge >= 0.3 is 0 Å². The van der Waals surface area contributed by atoms with Crippen molar-refractivity contribution in [3.05, 3.63) is 84.2 Å². The summed E-state index contributed by atoms with van der Waals surface area (Å²) in [4.78, 5) is 34.9. The maximum Gasteiger partial charge on any atom is 0.254 e. The SMILES string of the molecule is C=CC(=O)N1CCCC(n2nc(-c3ccc(CNC(=O)c4ccc(F)cc4F)cc3)c3c(N)ncnc32)C1. The Kier molecular flexibility index (Phi) is 6.82. The Bertz CT molecular complexity index is 1530. The zero-order valence-electron chi connectivity index (χ0n) is 20.4. The molecule has 4 aromatic rings. The number of likely N-dealkylation sites (tertiary alicyclic amines) is 1. The molecule has 5 rings (SSSR count). The average molecular weight is 518 g/mol. The highest BCUT2D eigenvalue weighted by Gasteiger charge is 2.28. The van der Waals surface area contributed by atoms with Crippen LogP contribution in [0.25, 0.3) is 22.3 Å². The fourth-order valence-electron chi connectivity index (χ4n) is 4.67. The van der Waals surface area contributed by atoms with E-state index in [0.29, 0.717) is 41.7 Å². The van der Waals surface area contributed by atoms with Gasteiger partial charge in [0.05, 0.1) is 17.0 Å². The Morgan fingerprint density at radius 3 is 2.68 bits per heavy atom. The van der Waals surface area contributed by atoms with E-state index in [4.69, 9.17) is 10.8 Å². The van der Waals surface area contributed by atoms with Crippen molar-refractivity contribution in [2.75, 3.05) is 18.8 Å². The molecule has 1 atom stereocenters. The van der Waals surface area contributed by atoms with E-state index in [1.165, 1.54) is 12.4 Å². The van der Waals surface area contributed by atoms with Crippen LogP contribution in [0.1, 0.15) is 34.8 Å². The number of nitrogens with zero attached hydrogens (tertiary/aromatic N) is 5. The predicted octanol–water partition coefficient (Wildman–Crippen LogP) is 3.63. The van der Waals surface area contributed by atoms with Gasteiger partial charge in [0.15, 0.2) is 5.65 Å². The van der Waals surface area contributed by atoms with E-state index in [9.17, 15) is 18.4 Å². The normalized spacial score (nSPS) is 15.4. The molecule has 2 amide bonds. The highest BCUT2D eigenvalue weighted by atomic mass is 19.1. The van der Waals surface area contributed by atoms with Gasteiger partial charge in [-0.3, -0.25) is 9.59 Å². The molecule has 1 fully saturated rings. The number of anilines is 1. The van der Waals surface area contributed by atoms with Crippen LogP contribution in [0.4, 0.5) is 14.6 Å². The second kappa shape index (κ2) is 10.4. The number of aromatic nitrogens is 4. The minimum absolute atomic E-state index is 0.0838. The first-order chi connectivity index (χ1) is 18.4. The quantitative estimate of drug-likeness (QED) is 0.377. The van der Waals surface area contributed by atoms with Crippen LogP contribution in [-0.2, 0) is 11.3 Å². The molecule has 3 N–H and O–H groups in total. The summed E-state index contributed by atoms with van der Waals surface area (Å²) in [5, 5.41) is 8.11. The van der Waals surface area contributed by atoms with Crippen LogP contribution < -0.4 is 11.1 Å². The second-order valence-electron chi connectivity index (χ2n) is 9.04. The van der Waals surface area contributed by atoms with E-state index in [0.717, 1.165) is 36.1 Å². The lowest BCUT2D eigenvalue weighted by atomic mass is 10.1. The van der Waals surface area contributed by atoms with E-state index >= 15 is 0 Å². The van der Waals surface area contributed by atoms with Crippen molar-refractivity contribution in [1.29, 1.82) is 0 Å². The molecule has 1 unspecified atom stereocenters. The number of benzene rings is 2. The topological polar surface area (TPSA) is 119 Å². The number of halogens is 2. The van der Waals surface area contributed by atoms with Crippen molar-refractivity contribution in [3.8, 4) is 11.3 Å². The number of nitrogen functional groups attached to an aromatic ring is 1. The van der Waals surface area contributed by atoms with E-state index in [2.05, 4.69) is 21.9 Å². The molecule has 0 saturated carbocycles. The number of amides is 2. The smallest absolute Gasteiger partial charge is 0.254 e. The fraction of sp³-hybridized carbons (Fsp3) is 0.222. The summed E-state index contributed by atoms with van der Waals surface area (Å²) in [6.45, 7) is 4.88. The van der Waals surface area contributed by atoms with Crippen LogP contribution in [0.5, 0.6) is 0 Å². The molecule has 38 heavy (non-hydrogen) atoms. The van der Waals surface area contributed by atoms with Gasteiger partial charge in [-0.25, -0.2) is 23.4 Å². The number of carbonyl (C=O) groups excluding carboxylic acids is 2. The van der Waals surface area contributed by atoms with Gasteiger partial charge in [0, 0.05) is 31.3 Å². The summed E-state index contributed by atoms with van der Waals surface area (Å²) in [6, 6.07) is 10.0. The minimum Gasteiger partial charge on any atom is -0.383 e. The van der Waals surface area contributed by atoms with Crippen LogP contribution in [0.15, 0.2) is 61.4 Å². The first-order valence-electron chi connectivity index (χ1n) is 12.1. The number of carbonyl (C=O) groups is 2. The van der Waals surface area contributed by atoms with Gasteiger partial charge in [0.25, 0.3) is 5.91 Å². The molecule has 0 aliphatic carbocycles. The van der Waals surface area contributed by atoms with Crippen molar-refractivity contribution in [2.45, 2.75) is 25.4 Å². The Morgan fingerprint density at radius 1 is 1.16 bits per heavy atom. The molecule has 1 saturated heterocycles. The molecule has 1 aliphatic heterocycles.